The number of nitrogens with zero attached hydrogens (tertiary/aromatic N) is 2. The fraction of sp³-hybridized carbons (Fsp3) is 0.250. The van der Waals surface area contributed by atoms with Crippen LogP contribution in [0.15, 0.2) is 35.3 Å². The van der Waals surface area contributed by atoms with Crippen molar-refractivity contribution in [3.63, 3.8) is 0 Å². The van der Waals surface area contributed by atoms with E-state index in [-0.39, 0.29) is 23.3 Å². The van der Waals surface area contributed by atoms with Gasteiger partial charge in [-0.15, -0.1) is 0 Å². The van der Waals surface area contributed by atoms with Crippen LogP contribution in [0.4, 0.5) is 8.78 Å². The second-order valence-electron chi connectivity index (χ2n) is 5.23. The summed E-state index contributed by atoms with van der Waals surface area (Å²) < 4.78 is 28.9. The first-order valence-electron chi connectivity index (χ1n) is 7.22. The molecule has 2 N–H and O–H groups in total. The molecule has 120 valence electrons. The van der Waals surface area contributed by atoms with Gasteiger partial charge in [0.25, 0.3) is 0 Å². The number of nitrogens with one attached hydrogen (secondary N) is 1. The predicted molar refractivity (Wildman–Crippen MR) is 82.1 cm³/mol. The van der Waals surface area contributed by atoms with Crippen LogP contribution in [0.25, 0.3) is 22.3 Å². The van der Waals surface area contributed by atoms with Crippen LogP contribution in [0, 0.1) is 11.6 Å². The maximum atomic E-state index is 14.4. The second-order valence-corrected chi connectivity index (χ2v) is 5.23. The Morgan fingerprint density at radius 2 is 2.00 bits per heavy atom. The van der Waals surface area contributed by atoms with Crippen molar-refractivity contribution in [2.75, 3.05) is 6.61 Å². The number of imidazole rings is 1. The summed E-state index contributed by atoms with van der Waals surface area (Å²) in [6.45, 7) is 1.55. The Kier molecular flexibility index (Phi) is 3.96. The van der Waals surface area contributed by atoms with Crippen LogP contribution in [0.3, 0.4) is 0 Å². The van der Waals surface area contributed by atoms with E-state index in [2.05, 4.69) is 9.97 Å². The minimum Gasteiger partial charge on any atom is -0.394 e. The maximum absolute atomic E-state index is 14.4. The van der Waals surface area contributed by atoms with Gasteiger partial charge in [0.15, 0.2) is 11.5 Å². The van der Waals surface area contributed by atoms with Crippen molar-refractivity contribution >= 4 is 11.2 Å². The van der Waals surface area contributed by atoms with Gasteiger partial charge in [0.05, 0.1) is 24.4 Å². The number of aromatic amines is 1. The van der Waals surface area contributed by atoms with Crippen LogP contribution in [0.1, 0.15) is 19.4 Å². The average molecular weight is 319 g/mol. The third-order valence-electron chi connectivity index (χ3n) is 3.87. The minimum atomic E-state index is -0.621. The molecule has 0 amide bonds. The van der Waals surface area contributed by atoms with Crippen molar-refractivity contribution in [1.29, 1.82) is 0 Å². The lowest BCUT2D eigenvalue weighted by atomic mass is 10.0. The Hall–Kier alpha value is -2.54. The van der Waals surface area contributed by atoms with E-state index in [1.54, 1.807) is 0 Å². The SMILES string of the molecule is CC[C@@H](CO)n1c(=O)[nH]c2ncc(F)c(-c3ccc(F)cc3)c21. The highest BCUT2D eigenvalue weighted by molar-refractivity contribution is 5.90. The molecule has 2 aromatic heterocycles. The normalized spacial score (nSPS) is 12.7. The lowest BCUT2D eigenvalue weighted by molar-refractivity contribution is 0.225. The summed E-state index contributed by atoms with van der Waals surface area (Å²) in [5, 5.41) is 9.51. The Balaban J connectivity index is 2.38. The first-order chi connectivity index (χ1) is 11.1. The van der Waals surface area contributed by atoms with Crippen LogP contribution in [0.2, 0.25) is 0 Å². The zero-order valence-electron chi connectivity index (χ0n) is 12.4. The summed E-state index contributed by atoms with van der Waals surface area (Å²) in [6.07, 6.45) is 1.50. The summed E-state index contributed by atoms with van der Waals surface area (Å²) in [7, 11) is 0. The molecule has 1 atom stereocenters. The molecule has 0 saturated carbocycles. The van der Waals surface area contributed by atoms with Gasteiger partial charge in [-0.05, 0) is 24.1 Å². The van der Waals surface area contributed by atoms with Crippen LogP contribution < -0.4 is 5.69 Å². The van der Waals surface area contributed by atoms with Crippen molar-refractivity contribution < 1.29 is 13.9 Å². The molecule has 7 heteroatoms. The van der Waals surface area contributed by atoms with Gasteiger partial charge in [-0.25, -0.2) is 18.6 Å². The lowest BCUT2D eigenvalue weighted by Crippen LogP contribution is -2.24. The molecule has 0 spiro atoms. The number of aliphatic hydroxyl groups is 1. The number of rotatable bonds is 4. The smallest absolute Gasteiger partial charge is 0.328 e. The number of benzene rings is 1. The molecule has 5 nitrogen and oxygen atoms in total. The largest absolute Gasteiger partial charge is 0.394 e. The van der Waals surface area contributed by atoms with E-state index < -0.39 is 23.4 Å². The molecule has 2 heterocycles. The van der Waals surface area contributed by atoms with E-state index in [0.29, 0.717) is 12.0 Å². The minimum absolute atomic E-state index is 0.153. The first kappa shape index (κ1) is 15.4. The van der Waals surface area contributed by atoms with E-state index in [4.69, 9.17) is 0 Å². The van der Waals surface area contributed by atoms with Gasteiger partial charge in [0, 0.05) is 5.56 Å². The van der Waals surface area contributed by atoms with E-state index in [9.17, 15) is 18.7 Å². The summed E-state index contributed by atoms with van der Waals surface area (Å²) in [5.41, 5.74) is 0.601. The molecule has 0 aliphatic heterocycles. The van der Waals surface area contributed by atoms with E-state index >= 15 is 0 Å². The number of halogens is 2. The third kappa shape index (κ3) is 2.53. The second kappa shape index (κ2) is 5.92. The van der Waals surface area contributed by atoms with Crippen molar-refractivity contribution in [2.24, 2.45) is 0 Å². The summed E-state index contributed by atoms with van der Waals surface area (Å²) in [5.74, 6) is -1.06. The topological polar surface area (TPSA) is 70.9 Å². The van der Waals surface area contributed by atoms with Gasteiger partial charge >= 0.3 is 5.69 Å². The Morgan fingerprint density at radius 1 is 1.30 bits per heavy atom. The van der Waals surface area contributed by atoms with Crippen LogP contribution in [0.5, 0.6) is 0 Å². The fourth-order valence-corrected chi connectivity index (χ4v) is 2.70. The Bertz CT molecular complexity index is 896. The van der Waals surface area contributed by atoms with Gasteiger partial charge in [-0.2, -0.15) is 0 Å². The molecule has 0 fully saturated rings. The van der Waals surface area contributed by atoms with Crippen molar-refractivity contribution in [3.8, 4) is 11.1 Å². The van der Waals surface area contributed by atoms with Gasteiger partial charge in [0.2, 0.25) is 0 Å². The van der Waals surface area contributed by atoms with E-state index in [1.807, 2.05) is 6.92 Å². The fourth-order valence-electron chi connectivity index (χ4n) is 2.70. The monoisotopic (exact) mass is 319 g/mol. The zero-order valence-corrected chi connectivity index (χ0v) is 12.4. The molecule has 0 bridgehead atoms. The van der Waals surface area contributed by atoms with Crippen LogP contribution in [-0.2, 0) is 0 Å². The highest BCUT2D eigenvalue weighted by atomic mass is 19.1. The van der Waals surface area contributed by atoms with Crippen molar-refractivity contribution in [2.45, 2.75) is 19.4 Å². The van der Waals surface area contributed by atoms with Gasteiger partial charge in [-0.1, -0.05) is 19.1 Å². The van der Waals surface area contributed by atoms with Gasteiger partial charge < -0.3 is 5.11 Å². The van der Waals surface area contributed by atoms with Crippen molar-refractivity contribution in [1.82, 2.24) is 14.5 Å². The molecule has 0 aliphatic carbocycles. The predicted octanol–water partition coefficient (Wildman–Crippen LogP) is 2.61. The summed E-state index contributed by atoms with van der Waals surface area (Å²) >= 11 is 0. The highest BCUT2D eigenvalue weighted by Gasteiger charge is 2.21. The molecule has 0 radical (unpaired) electrons. The number of hydrogen-bond donors (Lipinski definition) is 2. The molecule has 3 aromatic rings. The molecule has 1 aromatic carbocycles. The molecular weight excluding hydrogens is 304 g/mol. The summed E-state index contributed by atoms with van der Waals surface area (Å²) in [4.78, 5) is 18.7. The molecule has 0 saturated heterocycles. The number of H-pyrrole nitrogens is 1. The van der Waals surface area contributed by atoms with Crippen LogP contribution >= 0.6 is 0 Å². The summed E-state index contributed by atoms with van der Waals surface area (Å²) in [6, 6.07) is 4.82. The van der Waals surface area contributed by atoms with Gasteiger partial charge in [0.1, 0.15) is 5.82 Å². The molecule has 23 heavy (non-hydrogen) atoms. The molecule has 0 aliphatic rings. The highest BCUT2D eigenvalue weighted by Crippen LogP contribution is 2.31. The van der Waals surface area contributed by atoms with Crippen LogP contribution in [-0.4, -0.2) is 26.2 Å². The van der Waals surface area contributed by atoms with E-state index in [1.165, 1.54) is 28.8 Å². The lowest BCUT2D eigenvalue weighted by Gasteiger charge is -2.15. The number of aromatic nitrogens is 3. The molecular formula is C16H15F2N3O2. The standard InChI is InChI=1S/C16H15F2N3O2/c1-2-11(8-22)21-14-13(9-3-5-10(17)6-4-9)12(18)7-19-15(14)20-16(21)23/h3-7,11,22H,2,8H2,1H3,(H,19,20,23)/t11-/m0/s1. The maximum Gasteiger partial charge on any atom is 0.328 e. The Labute approximate surface area is 130 Å². The number of pyridine rings is 1. The first-order valence-corrected chi connectivity index (χ1v) is 7.22. The average Bonchev–Trinajstić information content (AvgIpc) is 2.87. The van der Waals surface area contributed by atoms with Gasteiger partial charge in [-0.3, -0.25) is 9.55 Å². The number of fused-ring (bicyclic) bond motifs is 1. The number of hydrogen-bond acceptors (Lipinski definition) is 3. The van der Waals surface area contributed by atoms with E-state index in [0.717, 1.165) is 6.20 Å². The molecule has 0 unspecified atom stereocenters. The third-order valence-corrected chi connectivity index (χ3v) is 3.87. The zero-order chi connectivity index (χ0) is 16.6. The Morgan fingerprint density at radius 3 is 2.61 bits per heavy atom. The quantitative estimate of drug-likeness (QED) is 0.776. The molecule has 3 rings (SSSR count). The van der Waals surface area contributed by atoms with Crippen molar-refractivity contribution in [3.05, 3.63) is 52.6 Å². The number of aliphatic hydroxyl groups excluding tert-OH is 1.